The highest BCUT2D eigenvalue weighted by Crippen LogP contribution is 2.35. The number of nitrogens with zero attached hydrogens (tertiary/aromatic N) is 2. The molecule has 3 aromatic rings. The summed E-state index contributed by atoms with van der Waals surface area (Å²) >= 11 is 6.22. The number of methoxy groups -OCH3 is 1. The molecule has 0 aliphatic carbocycles. The Labute approximate surface area is 239 Å². The Balaban J connectivity index is 2.11. The lowest BCUT2D eigenvalue weighted by Gasteiger charge is -2.33. The Kier molecular flexibility index (Phi) is 9.81. The van der Waals surface area contributed by atoms with Crippen LogP contribution in [-0.4, -0.2) is 50.4 Å². The van der Waals surface area contributed by atoms with Gasteiger partial charge in [0.1, 0.15) is 24.2 Å². The number of halogens is 2. The summed E-state index contributed by atoms with van der Waals surface area (Å²) in [6.45, 7) is 5.90. The van der Waals surface area contributed by atoms with Crippen LogP contribution in [0.25, 0.3) is 0 Å². The van der Waals surface area contributed by atoms with Crippen molar-refractivity contribution in [1.82, 2.24) is 10.2 Å². The van der Waals surface area contributed by atoms with Crippen molar-refractivity contribution < 1.29 is 27.1 Å². The molecule has 214 valence electrons. The molecule has 1 atom stereocenters. The molecule has 0 aliphatic heterocycles. The minimum Gasteiger partial charge on any atom is -0.495 e. The quantitative estimate of drug-likeness (QED) is 0.358. The van der Waals surface area contributed by atoms with E-state index in [1.54, 1.807) is 45.0 Å². The summed E-state index contributed by atoms with van der Waals surface area (Å²) in [7, 11) is -2.95. The van der Waals surface area contributed by atoms with Gasteiger partial charge in [-0.3, -0.25) is 13.9 Å². The van der Waals surface area contributed by atoms with Crippen LogP contribution < -0.4 is 14.4 Å². The lowest BCUT2D eigenvalue weighted by molar-refractivity contribution is -0.140. The van der Waals surface area contributed by atoms with Crippen LogP contribution >= 0.6 is 11.6 Å². The molecule has 3 aromatic carbocycles. The highest BCUT2D eigenvalue weighted by Gasteiger charge is 2.34. The first-order valence-electron chi connectivity index (χ1n) is 12.5. The van der Waals surface area contributed by atoms with E-state index >= 15 is 0 Å². The van der Waals surface area contributed by atoms with Crippen molar-refractivity contribution in [3.8, 4) is 5.75 Å². The van der Waals surface area contributed by atoms with E-state index in [-0.39, 0.29) is 33.5 Å². The van der Waals surface area contributed by atoms with Crippen LogP contribution in [-0.2, 0) is 26.2 Å². The van der Waals surface area contributed by atoms with Crippen LogP contribution in [0.1, 0.15) is 33.3 Å². The van der Waals surface area contributed by atoms with Crippen molar-refractivity contribution in [3.05, 3.63) is 89.2 Å². The van der Waals surface area contributed by atoms with E-state index in [9.17, 15) is 22.4 Å². The molecule has 0 saturated heterocycles. The summed E-state index contributed by atoms with van der Waals surface area (Å²) in [5, 5.41) is 3.05. The van der Waals surface area contributed by atoms with Crippen molar-refractivity contribution in [3.63, 3.8) is 0 Å². The topological polar surface area (TPSA) is 96.0 Å². The molecule has 0 fully saturated rings. The van der Waals surface area contributed by atoms with Gasteiger partial charge in [0, 0.05) is 22.7 Å². The molecule has 1 N–H and O–H groups in total. The van der Waals surface area contributed by atoms with Crippen molar-refractivity contribution in [1.29, 1.82) is 0 Å². The maximum absolute atomic E-state index is 14.7. The molecule has 0 aliphatic rings. The van der Waals surface area contributed by atoms with Gasteiger partial charge in [-0.25, -0.2) is 12.8 Å². The molecule has 2 amide bonds. The van der Waals surface area contributed by atoms with Crippen LogP contribution in [0.15, 0.2) is 77.7 Å². The molecule has 8 nitrogen and oxygen atoms in total. The standard InChI is InChI=1S/C29H33ClFN3O5S/c1-20(28(36)32-29(2,3)4)33(18-21-11-9-10-14-24(21)31)27(35)19-34(25-17-22(30)15-16-26(25)39-5)40(37,38)23-12-7-6-8-13-23/h6-17,20H,18-19H2,1-5H3,(H,32,36)/t20-/m0/s1. The van der Waals surface area contributed by atoms with E-state index < -0.39 is 45.8 Å². The van der Waals surface area contributed by atoms with Crippen molar-refractivity contribution in [2.75, 3.05) is 18.0 Å². The normalized spacial score (nSPS) is 12.4. The summed E-state index contributed by atoms with van der Waals surface area (Å²) in [6, 6.07) is 16.8. The third kappa shape index (κ3) is 7.51. The lowest BCUT2D eigenvalue weighted by atomic mass is 10.1. The van der Waals surface area contributed by atoms with Crippen LogP contribution in [0.3, 0.4) is 0 Å². The van der Waals surface area contributed by atoms with Gasteiger partial charge in [0.2, 0.25) is 11.8 Å². The largest absolute Gasteiger partial charge is 0.495 e. The summed E-state index contributed by atoms with van der Waals surface area (Å²) in [4.78, 5) is 28.2. The summed E-state index contributed by atoms with van der Waals surface area (Å²) < 4.78 is 48.7. The fourth-order valence-corrected chi connectivity index (χ4v) is 5.56. The summed E-state index contributed by atoms with van der Waals surface area (Å²) in [6.07, 6.45) is 0. The van der Waals surface area contributed by atoms with E-state index in [2.05, 4.69) is 5.32 Å². The number of sulfonamides is 1. The zero-order valence-electron chi connectivity index (χ0n) is 23.0. The maximum Gasteiger partial charge on any atom is 0.264 e. The Morgan fingerprint density at radius 2 is 1.65 bits per heavy atom. The summed E-state index contributed by atoms with van der Waals surface area (Å²) in [5.41, 5.74) is -0.400. The van der Waals surface area contributed by atoms with Crippen LogP contribution in [0.4, 0.5) is 10.1 Å². The van der Waals surface area contributed by atoms with Crippen LogP contribution in [0.5, 0.6) is 5.75 Å². The number of carbonyl (C=O) groups is 2. The summed E-state index contributed by atoms with van der Waals surface area (Å²) in [5.74, 6) is -1.61. The number of nitrogens with one attached hydrogen (secondary N) is 1. The van der Waals surface area contributed by atoms with Gasteiger partial charge in [-0.15, -0.1) is 0 Å². The monoisotopic (exact) mass is 589 g/mol. The number of benzene rings is 3. The Morgan fingerprint density at radius 1 is 1.02 bits per heavy atom. The molecule has 0 aromatic heterocycles. The number of rotatable bonds is 10. The van der Waals surface area contributed by atoms with Crippen molar-refractivity contribution in [2.45, 2.75) is 50.7 Å². The fraction of sp³-hybridized carbons (Fsp3) is 0.310. The molecular weight excluding hydrogens is 557 g/mol. The smallest absolute Gasteiger partial charge is 0.264 e. The number of anilines is 1. The van der Waals surface area contributed by atoms with Gasteiger partial charge in [-0.05, 0) is 64.1 Å². The lowest BCUT2D eigenvalue weighted by Crippen LogP contribution is -2.54. The average Bonchev–Trinajstić information content (AvgIpc) is 2.90. The molecule has 11 heteroatoms. The number of ether oxygens (including phenoxy) is 1. The molecule has 0 spiro atoms. The first-order valence-corrected chi connectivity index (χ1v) is 14.3. The maximum atomic E-state index is 14.7. The molecule has 0 heterocycles. The van der Waals surface area contributed by atoms with Gasteiger partial charge >= 0.3 is 0 Å². The second-order valence-corrected chi connectivity index (χ2v) is 12.5. The zero-order chi connectivity index (χ0) is 29.7. The average molecular weight is 590 g/mol. The third-order valence-electron chi connectivity index (χ3n) is 5.98. The first-order chi connectivity index (χ1) is 18.7. The number of hydrogen-bond donors (Lipinski definition) is 1. The number of carbonyl (C=O) groups excluding carboxylic acids is 2. The predicted molar refractivity (Wildman–Crippen MR) is 153 cm³/mol. The van der Waals surface area contributed by atoms with Crippen LogP contribution in [0.2, 0.25) is 5.02 Å². The second-order valence-electron chi connectivity index (χ2n) is 10.2. The Morgan fingerprint density at radius 3 is 2.25 bits per heavy atom. The first kappa shape index (κ1) is 30.9. The van der Waals surface area contributed by atoms with Gasteiger partial charge in [-0.1, -0.05) is 48.0 Å². The van der Waals surface area contributed by atoms with Gasteiger partial charge in [0.25, 0.3) is 10.0 Å². The van der Waals surface area contributed by atoms with Gasteiger partial charge in [0.05, 0.1) is 17.7 Å². The van der Waals surface area contributed by atoms with Gasteiger partial charge in [0.15, 0.2) is 0 Å². The van der Waals surface area contributed by atoms with E-state index in [0.717, 1.165) is 9.21 Å². The van der Waals surface area contributed by atoms with E-state index in [1.807, 2.05) is 0 Å². The number of hydrogen-bond acceptors (Lipinski definition) is 5. The number of amides is 2. The van der Waals surface area contributed by atoms with E-state index in [0.29, 0.717) is 0 Å². The molecule has 0 unspecified atom stereocenters. The van der Waals surface area contributed by atoms with E-state index in [1.165, 1.54) is 62.6 Å². The zero-order valence-corrected chi connectivity index (χ0v) is 24.6. The predicted octanol–water partition coefficient (Wildman–Crippen LogP) is 5.02. The van der Waals surface area contributed by atoms with E-state index in [4.69, 9.17) is 16.3 Å². The highest BCUT2D eigenvalue weighted by molar-refractivity contribution is 7.92. The minimum atomic E-state index is -4.32. The molecule has 0 radical (unpaired) electrons. The second kappa shape index (κ2) is 12.7. The molecule has 0 saturated carbocycles. The highest BCUT2D eigenvalue weighted by atomic mass is 35.5. The Bertz CT molecular complexity index is 1460. The van der Waals surface area contributed by atoms with Crippen LogP contribution in [0, 0.1) is 5.82 Å². The fourth-order valence-electron chi connectivity index (χ4n) is 3.96. The van der Waals surface area contributed by atoms with Crippen molar-refractivity contribution >= 4 is 39.1 Å². The molecular formula is C29H33ClFN3O5S. The minimum absolute atomic E-state index is 0.0323. The van der Waals surface area contributed by atoms with Gasteiger partial charge < -0.3 is 15.0 Å². The van der Waals surface area contributed by atoms with Crippen molar-refractivity contribution in [2.24, 2.45) is 0 Å². The molecule has 0 bridgehead atoms. The molecule has 40 heavy (non-hydrogen) atoms. The SMILES string of the molecule is COc1ccc(Cl)cc1N(CC(=O)N(Cc1ccccc1F)[C@@H](C)C(=O)NC(C)(C)C)S(=O)(=O)c1ccccc1. The van der Waals surface area contributed by atoms with Gasteiger partial charge in [-0.2, -0.15) is 0 Å². The Hall–Kier alpha value is -3.63. The molecule has 3 rings (SSSR count). The third-order valence-corrected chi connectivity index (χ3v) is 7.99.